The second kappa shape index (κ2) is 3.88. The summed E-state index contributed by atoms with van der Waals surface area (Å²) in [6.07, 6.45) is 0. The molecule has 14 heavy (non-hydrogen) atoms. The Kier molecular flexibility index (Phi) is 3.00. The molecule has 1 atom stereocenters. The van der Waals surface area contributed by atoms with Gasteiger partial charge in [-0.3, -0.25) is 0 Å². The van der Waals surface area contributed by atoms with Crippen LogP contribution in [0.25, 0.3) is 5.84 Å². The lowest BCUT2D eigenvalue weighted by Gasteiger charge is -2.22. The van der Waals surface area contributed by atoms with Gasteiger partial charge in [-0.15, -0.1) is 0 Å². The zero-order valence-electron chi connectivity index (χ0n) is 8.91. The topological polar surface area (TPSA) is 40.6 Å². The van der Waals surface area contributed by atoms with Crippen molar-refractivity contribution in [1.82, 2.24) is 4.59 Å². The van der Waals surface area contributed by atoms with Crippen molar-refractivity contribution < 1.29 is 5.01 Å². The van der Waals surface area contributed by atoms with Crippen molar-refractivity contribution in [2.24, 2.45) is 5.10 Å². The second-order valence-electron chi connectivity index (χ2n) is 3.71. The SMILES string of the molecule is C=N[N+](C)(C)c1cccc([NH+](C)[NH-])c1. The van der Waals surface area contributed by atoms with E-state index in [9.17, 15) is 0 Å². The van der Waals surface area contributed by atoms with E-state index in [1.807, 2.05) is 38.4 Å². The summed E-state index contributed by atoms with van der Waals surface area (Å²) in [5.41, 5.74) is 1.96. The third-order valence-corrected chi connectivity index (χ3v) is 2.26. The molecule has 1 aromatic rings. The molecule has 4 heteroatoms. The fourth-order valence-electron chi connectivity index (χ4n) is 1.16. The lowest BCUT2D eigenvalue weighted by molar-refractivity contribution is -0.751. The van der Waals surface area contributed by atoms with Crippen LogP contribution in [0.4, 0.5) is 11.4 Å². The van der Waals surface area contributed by atoms with Gasteiger partial charge in [-0.05, 0) is 6.07 Å². The first-order valence-electron chi connectivity index (χ1n) is 4.46. The van der Waals surface area contributed by atoms with E-state index in [2.05, 4.69) is 11.8 Å². The highest BCUT2D eigenvalue weighted by molar-refractivity contribution is 5.50. The van der Waals surface area contributed by atoms with E-state index < -0.39 is 0 Å². The Labute approximate surface area is 84.8 Å². The number of hydrogen-bond acceptors (Lipinski definition) is 1. The number of benzene rings is 1. The Morgan fingerprint density at radius 2 is 2.07 bits per heavy atom. The normalized spacial score (nSPS) is 13.7. The van der Waals surface area contributed by atoms with E-state index in [0.29, 0.717) is 9.60 Å². The van der Waals surface area contributed by atoms with Crippen LogP contribution in [0.2, 0.25) is 0 Å². The summed E-state index contributed by atoms with van der Waals surface area (Å²) in [5.74, 6) is 7.54. The molecule has 1 rings (SSSR count). The lowest BCUT2D eigenvalue weighted by Crippen LogP contribution is -2.96. The molecule has 2 N–H and O–H groups in total. The Balaban J connectivity index is 3.11. The highest BCUT2D eigenvalue weighted by Crippen LogP contribution is 2.21. The van der Waals surface area contributed by atoms with E-state index >= 15 is 0 Å². The molecule has 0 amide bonds. The quantitative estimate of drug-likeness (QED) is 0.422. The van der Waals surface area contributed by atoms with Gasteiger partial charge in [-0.1, -0.05) is 11.2 Å². The van der Waals surface area contributed by atoms with Crippen LogP contribution >= 0.6 is 0 Å². The summed E-state index contributed by atoms with van der Waals surface area (Å²) in [6, 6.07) is 7.82. The van der Waals surface area contributed by atoms with Crippen LogP contribution < -0.4 is 9.60 Å². The van der Waals surface area contributed by atoms with Gasteiger partial charge in [0.1, 0.15) is 5.69 Å². The fourth-order valence-corrected chi connectivity index (χ4v) is 1.16. The molecule has 0 radical (unpaired) electrons. The van der Waals surface area contributed by atoms with Gasteiger partial charge >= 0.3 is 0 Å². The third kappa shape index (κ3) is 2.17. The largest absolute Gasteiger partial charge is 0.464 e. The van der Waals surface area contributed by atoms with Crippen molar-refractivity contribution in [3.05, 3.63) is 30.1 Å². The van der Waals surface area contributed by atoms with Gasteiger partial charge < -0.3 is 10.9 Å². The van der Waals surface area contributed by atoms with Crippen LogP contribution in [0.1, 0.15) is 0 Å². The van der Waals surface area contributed by atoms with E-state index in [1.54, 1.807) is 7.05 Å². The number of nitrogens with one attached hydrogen (secondary N) is 2. The third-order valence-electron chi connectivity index (χ3n) is 2.26. The average molecular weight is 193 g/mol. The van der Waals surface area contributed by atoms with Crippen molar-refractivity contribution in [3.63, 3.8) is 0 Å². The molecule has 0 fully saturated rings. The van der Waals surface area contributed by atoms with Gasteiger partial charge in [0.15, 0.2) is 5.69 Å². The smallest absolute Gasteiger partial charge is 0.164 e. The maximum atomic E-state index is 7.54. The molecule has 0 saturated carbocycles. The summed E-state index contributed by atoms with van der Waals surface area (Å²) >= 11 is 0. The van der Waals surface area contributed by atoms with Gasteiger partial charge in [0.25, 0.3) is 0 Å². The van der Waals surface area contributed by atoms with E-state index in [4.69, 9.17) is 5.84 Å². The first-order valence-corrected chi connectivity index (χ1v) is 4.46. The molecule has 0 aliphatic rings. The van der Waals surface area contributed by atoms with E-state index in [0.717, 1.165) is 11.4 Å². The summed E-state index contributed by atoms with van der Waals surface area (Å²) in [4.78, 5) is 0. The molecule has 0 saturated heterocycles. The zero-order chi connectivity index (χ0) is 10.8. The number of nitrogens with zero attached hydrogens (tertiary/aromatic N) is 2. The van der Waals surface area contributed by atoms with Crippen molar-refractivity contribution in [2.45, 2.75) is 0 Å². The lowest BCUT2D eigenvalue weighted by atomic mass is 10.2. The maximum absolute atomic E-state index is 7.54. The number of hydrogen-bond donors (Lipinski definition) is 1. The van der Waals surface area contributed by atoms with Crippen LogP contribution in [0.15, 0.2) is 29.4 Å². The highest BCUT2D eigenvalue weighted by atomic mass is 15.6. The molecule has 4 nitrogen and oxygen atoms in total. The number of quaternary nitrogens is 2. The molecular formula is C10H17N4+. The Bertz CT molecular complexity index is 331. The fraction of sp³-hybridized carbons (Fsp3) is 0.300. The maximum Gasteiger partial charge on any atom is 0.164 e. The van der Waals surface area contributed by atoms with Crippen LogP contribution in [0, 0.1) is 0 Å². The van der Waals surface area contributed by atoms with Crippen molar-refractivity contribution in [2.75, 3.05) is 21.1 Å². The summed E-state index contributed by atoms with van der Waals surface area (Å²) in [7, 11) is 5.68. The first kappa shape index (κ1) is 10.8. The first-order chi connectivity index (χ1) is 6.47. The molecule has 0 heterocycles. The zero-order valence-corrected chi connectivity index (χ0v) is 8.91. The van der Waals surface area contributed by atoms with Crippen LogP contribution in [-0.4, -0.2) is 27.9 Å². The summed E-state index contributed by atoms with van der Waals surface area (Å²) in [5, 5.41) is 4.57. The summed E-state index contributed by atoms with van der Waals surface area (Å²) < 4.78 is 0.376. The van der Waals surface area contributed by atoms with Gasteiger partial charge in [0.2, 0.25) is 0 Å². The van der Waals surface area contributed by atoms with E-state index in [-0.39, 0.29) is 0 Å². The second-order valence-corrected chi connectivity index (χ2v) is 3.71. The molecular weight excluding hydrogens is 176 g/mol. The molecule has 0 spiro atoms. The van der Waals surface area contributed by atoms with Crippen molar-refractivity contribution in [3.8, 4) is 0 Å². The minimum absolute atomic E-state index is 0.376. The van der Waals surface area contributed by atoms with Crippen molar-refractivity contribution >= 4 is 18.1 Å². The molecule has 76 valence electrons. The molecule has 1 unspecified atom stereocenters. The van der Waals surface area contributed by atoms with Gasteiger partial charge in [-0.25, -0.2) is 0 Å². The van der Waals surface area contributed by atoms with E-state index in [1.165, 1.54) is 0 Å². The predicted molar refractivity (Wildman–Crippen MR) is 60.5 cm³/mol. The Hall–Kier alpha value is -1.23. The van der Waals surface area contributed by atoms with Crippen LogP contribution in [-0.2, 0) is 0 Å². The average Bonchev–Trinajstić information content (AvgIpc) is 2.18. The van der Waals surface area contributed by atoms with Gasteiger partial charge in [-0.2, -0.15) is 4.59 Å². The standard InChI is InChI=1S/C10H17N4/c1-12-14(3,4)10-7-5-6-9(8-10)13(2)11/h5-8,11,13H,1H2,2-4H3/q+1. The highest BCUT2D eigenvalue weighted by Gasteiger charge is 2.18. The van der Waals surface area contributed by atoms with Gasteiger partial charge in [0.05, 0.1) is 27.2 Å². The minimum atomic E-state index is 0.376. The Morgan fingerprint density at radius 1 is 1.43 bits per heavy atom. The molecule has 0 aromatic heterocycles. The number of rotatable bonds is 3. The predicted octanol–water partition coefficient (Wildman–Crippen LogP) is 0.982. The Morgan fingerprint density at radius 3 is 2.57 bits per heavy atom. The van der Waals surface area contributed by atoms with Crippen molar-refractivity contribution in [1.29, 1.82) is 0 Å². The molecule has 0 bridgehead atoms. The molecule has 1 aromatic carbocycles. The summed E-state index contributed by atoms with van der Waals surface area (Å²) in [6.45, 7) is 3.55. The van der Waals surface area contributed by atoms with Crippen LogP contribution in [0.3, 0.4) is 0 Å². The van der Waals surface area contributed by atoms with Crippen LogP contribution in [0.5, 0.6) is 0 Å². The monoisotopic (exact) mass is 193 g/mol. The molecule has 0 aliphatic heterocycles. The van der Waals surface area contributed by atoms with Gasteiger partial charge in [0, 0.05) is 12.8 Å². The minimum Gasteiger partial charge on any atom is -0.464 e. The molecule has 0 aliphatic carbocycles.